The average molecular weight is 352 g/mol. The quantitative estimate of drug-likeness (QED) is 0.747. The average Bonchev–Trinajstić information content (AvgIpc) is 2.52. The highest BCUT2D eigenvalue weighted by Crippen LogP contribution is 2.30. The molecular weight excluding hydrogens is 338 g/mol. The Hall–Kier alpha value is -2.08. The van der Waals surface area contributed by atoms with E-state index in [2.05, 4.69) is 20.9 Å². The molecule has 0 aliphatic carbocycles. The van der Waals surface area contributed by atoms with Crippen LogP contribution in [0.3, 0.4) is 0 Å². The number of aldehydes is 1. The normalized spacial score (nSPS) is 10.0. The molecule has 1 heterocycles. The SMILES string of the molecule is COc1ccnc(COc2ccc(Br)cc2C=O)c1OC. The van der Waals surface area contributed by atoms with Crippen LogP contribution < -0.4 is 14.2 Å². The fourth-order valence-electron chi connectivity index (χ4n) is 1.84. The number of rotatable bonds is 6. The van der Waals surface area contributed by atoms with Gasteiger partial charge < -0.3 is 14.2 Å². The van der Waals surface area contributed by atoms with Gasteiger partial charge in [-0.05, 0) is 18.2 Å². The van der Waals surface area contributed by atoms with Crippen LogP contribution in [0.25, 0.3) is 0 Å². The van der Waals surface area contributed by atoms with E-state index >= 15 is 0 Å². The second-order valence-electron chi connectivity index (χ2n) is 4.08. The molecular formula is C15H14BrNO4. The van der Waals surface area contributed by atoms with E-state index in [-0.39, 0.29) is 6.61 Å². The lowest BCUT2D eigenvalue weighted by Crippen LogP contribution is -2.04. The van der Waals surface area contributed by atoms with Crippen molar-refractivity contribution in [1.82, 2.24) is 4.98 Å². The van der Waals surface area contributed by atoms with Crippen molar-refractivity contribution < 1.29 is 19.0 Å². The zero-order chi connectivity index (χ0) is 15.2. The third kappa shape index (κ3) is 3.52. The number of benzene rings is 1. The Kier molecular flexibility index (Phi) is 5.16. The molecule has 0 fully saturated rings. The molecule has 6 heteroatoms. The number of nitrogens with zero attached hydrogens (tertiary/aromatic N) is 1. The summed E-state index contributed by atoms with van der Waals surface area (Å²) in [4.78, 5) is 15.3. The standard InChI is InChI=1S/C15H14BrNO4/c1-19-14-5-6-17-12(15(14)20-2)9-21-13-4-3-11(16)7-10(13)8-18/h3-8H,9H2,1-2H3. The number of ether oxygens (including phenoxy) is 3. The van der Waals surface area contributed by atoms with E-state index in [9.17, 15) is 4.79 Å². The summed E-state index contributed by atoms with van der Waals surface area (Å²) in [7, 11) is 3.10. The van der Waals surface area contributed by atoms with Crippen molar-refractivity contribution in [3.05, 3.63) is 46.2 Å². The van der Waals surface area contributed by atoms with E-state index in [4.69, 9.17) is 14.2 Å². The monoisotopic (exact) mass is 351 g/mol. The van der Waals surface area contributed by atoms with Crippen molar-refractivity contribution in [3.63, 3.8) is 0 Å². The van der Waals surface area contributed by atoms with Crippen molar-refractivity contribution in [1.29, 1.82) is 0 Å². The van der Waals surface area contributed by atoms with Gasteiger partial charge in [-0.2, -0.15) is 0 Å². The van der Waals surface area contributed by atoms with Crippen LogP contribution in [-0.2, 0) is 6.61 Å². The summed E-state index contributed by atoms with van der Waals surface area (Å²) in [5.41, 5.74) is 1.06. The number of halogens is 1. The smallest absolute Gasteiger partial charge is 0.185 e. The van der Waals surface area contributed by atoms with Crippen molar-refractivity contribution in [3.8, 4) is 17.2 Å². The Labute approximate surface area is 131 Å². The van der Waals surface area contributed by atoms with Crippen molar-refractivity contribution in [2.75, 3.05) is 14.2 Å². The van der Waals surface area contributed by atoms with Crippen LogP contribution in [0.4, 0.5) is 0 Å². The third-order valence-corrected chi connectivity index (χ3v) is 3.32. The highest BCUT2D eigenvalue weighted by molar-refractivity contribution is 9.10. The topological polar surface area (TPSA) is 57.7 Å². The molecule has 1 aromatic carbocycles. The van der Waals surface area contributed by atoms with Gasteiger partial charge in [-0.3, -0.25) is 9.78 Å². The minimum Gasteiger partial charge on any atom is -0.493 e. The molecule has 2 rings (SSSR count). The summed E-state index contributed by atoms with van der Waals surface area (Å²) in [6.07, 6.45) is 2.36. The Bertz CT molecular complexity index is 646. The molecule has 21 heavy (non-hydrogen) atoms. The third-order valence-electron chi connectivity index (χ3n) is 2.83. The first-order chi connectivity index (χ1) is 10.2. The van der Waals surface area contributed by atoms with Gasteiger partial charge in [-0.25, -0.2) is 0 Å². The minimum atomic E-state index is 0.169. The fraction of sp³-hybridized carbons (Fsp3) is 0.200. The maximum absolute atomic E-state index is 11.1. The molecule has 0 saturated heterocycles. The summed E-state index contributed by atoms with van der Waals surface area (Å²) in [6.45, 7) is 0.169. The number of methoxy groups -OCH3 is 2. The fourth-order valence-corrected chi connectivity index (χ4v) is 2.22. The maximum atomic E-state index is 11.1. The van der Waals surface area contributed by atoms with Gasteiger partial charge in [0, 0.05) is 16.7 Å². The number of hydrogen-bond donors (Lipinski definition) is 0. The van der Waals surface area contributed by atoms with Gasteiger partial charge in [0.1, 0.15) is 18.1 Å². The van der Waals surface area contributed by atoms with Crippen molar-refractivity contribution in [2.45, 2.75) is 6.61 Å². The Morgan fingerprint density at radius 2 is 2.00 bits per heavy atom. The first-order valence-electron chi connectivity index (χ1n) is 6.13. The van der Waals surface area contributed by atoms with Gasteiger partial charge in [0.05, 0.1) is 19.8 Å². The summed E-state index contributed by atoms with van der Waals surface area (Å²) >= 11 is 3.31. The molecule has 0 spiro atoms. The van der Waals surface area contributed by atoms with E-state index < -0.39 is 0 Å². The van der Waals surface area contributed by atoms with Crippen molar-refractivity contribution in [2.24, 2.45) is 0 Å². The number of carbonyl (C=O) groups is 1. The lowest BCUT2D eigenvalue weighted by atomic mass is 10.2. The molecule has 110 valence electrons. The summed E-state index contributed by atoms with van der Waals surface area (Å²) in [6, 6.07) is 6.93. The predicted octanol–water partition coefficient (Wildman–Crippen LogP) is 3.25. The van der Waals surface area contributed by atoms with Gasteiger partial charge in [0.15, 0.2) is 17.8 Å². The second-order valence-corrected chi connectivity index (χ2v) is 5.00. The molecule has 2 aromatic rings. The van der Waals surface area contributed by atoms with Gasteiger partial charge in [0.25, 0.3) is 0 Å². The summed E-state index contributed by atoms with van der Waals surface area (Å²) in [5.74, 6) is 1.59. The van der Waals surface area contributed by atoms with Crippen molar-refractivity contribution >= 4 is 22.2 Å². The molecule has 1 aromatic heterocycles. The molecule has 0 aliphatic heterocycles. The lowest BCUT2D eigenvalue weighted by molar-refractivity contribution is 0.111. The molecule has 0 radical (unpaired) electrons. The van der Waals surface area contributed by atoms with E-state index in [0.29, 0.717) is 28.5 Å². The van der Waals surface area contributed by atoms with E-state index in [1.807, 2.05) is 0 Å². The van der Waals surface area contributed by atoms with Crippen LogP contribution >= 0.6 is 15.9 Å². The molecule has 5 nitrogen and oxygen atoms in total. The molecule has 0 unspecified atom stereocenters. The van der Waals surface area contributed by atoms with Gasteiger partial charge in [0.2, 0.25) is 0 Å². The minimum absolute atomic E-state index is 0.169. The van der Waals surface area contributed by atoms with Crippen LogP contribution in [0.15, 0.2) is 34.9 Å². The van der Waals surface area contributed by atoms with E-state index in [0.717, 1.165) is 10.8 Å². The zero-order valence-electron chi connectivity index (χ0n) is 11.6. The van der Waals surface area contributed by atoms with Crippen LogP contribution in [0.5, 0.6) is 17.2 Å². The Morgan fingerprint density at radius 1 is 1.19 bits per heavy atom. The summed E-state index contributed by atoms with van der Waals surface area (Å²) in [5, 5.41) is 0. The van der Waals surface area contributed by atoms with Gasteiger partial charge >= 0.3 is 0 Å². The molecule has 0 atom stereocenters. The molecule has 0 aliphatic rings. The van der Waals surface area contributed by atoms with Crippen LogP contribution in [0.1, 0.15) is 16.1 Å². The first-order valence-corrected chi connectivity index (χ1v) is 6.92. The number of carbonyl (C=O) groups excluding carboxylic acids is 1. The largest absolute Gasteiger partial charge is 0.493 e. The zero-order valence-corrected chi connectivity index (χ0v) is 13.2. The van der Waals surface area contributed by atoms with E-state index in [1.54, 1.807) is 44.7 Å². The van der Waals surface area contributed by atoms with E-state index in [1.165, 1.54) is 0 Å². The number of aromatic nitrogens is 1. The highest BCUT2D eigenvalue weighted by Gasteiger charge is 2.12. The molecule has 0 bridgehead atoms. The van der Waals surface area contributed by atoms with Gasteiger partial charge in [-0.1, -0.05) is 15.9 Å². The predicted molar refractivity (Wildman–Crippen MR) is 81.2 cm³/mol. The number of pyridine rings is 1. The second kappa shape index (κ2) is 7.08. The van der Waals surface area contributed by atoms with Gasteiger partial charge in [-0.15, -0.1) is 0 Å². The highest BCUT2D eigenvalue weighted by atomic mass is 79.9. The first kappa shape index (κ1) is 15.3. The molecule has 0 N–H and O–H groups in total. The maximum Gasteiger partial charge on any atom is 0.185 e. The molecule has 0 amide bonds. The summed E-state index contributed by atoms with van der Waals surface area (Å²) < 4.78 is 17.0. The Morgan fingerprint density at radius 3 is 2.67 bits per heavy atom. The van der Waals surface area contributed by atoms with Crippen LogP contribution in [0.2, 0.25) is 0 Å². The lowest BCUT2D eigenvalue weighted by Gasteiger charge is -2.13. The van der Waals surface area contributed by atoms with Crippen LogP contribution in [0, 0.1) is 0 Å². The van der Waals surface area contributed by atoms with Crippen LogP contribution in [-0.4, -0.2) is 25.5 Å². The Balaban J connectivity index is 2.22. The molecule has 0 saturated carbocycles. The number of hydrogen-bond acceptors (Lipinski definition) is 5.